The van der Waals surface area contributed by atoms with E-state index in [9.17, 15) is 5.11 Å². The number of ether oxygens (including phenoxy) is 2. The Balaban J connectivity index is 2.23. The molecule has 0 saturated heterocycles. The van der Waals surface area contributed by atoms with Crippen LogP contribution in [-0.4, -0.2) is 11.7 Å². The van der Waals surface area contributed by atoms with E-state index in [0.717, 1.165) is 16.9 Å². The van der Waals surface area contributed by atoms with Gasteiger partial charge in [0.05, 0.1) is 13.2 Å². The van der Waals surface area contributed by atoms with Crippen LogP contribution in [0.3, 0.4) is 0 Å². The predicted molar refractivity (Wildman–Crippen MR) is 74.8 cm³/mol. The lowest BCUT2D eigenvalue weighted by Gasteiger charge is -2.11. The highest BCUT2D eigenvalue weighted by atomic mass is 16.5. The zero-order chi connectivity index (χ0) is 13.7. The molecule has 0 radical (unpaired) electrons. The molecule has 2 aromatic carbocycles. The first kappa shape index (κ1) is 13.4. The minimum absolute atomic E-state index is 0.0395. The van der Waals surface area contributed by atoms with Crippen molar-refractivity contribution in [1.82, 2.24) is 0 Å². The van der Waals surface area contributed by atoms with Crippen molar-refractivity contribution in [2.75, 3.05) is 6.61 Å². The first-order chi connectivity index (χ1) is 9.22. The molecule has 0 unspecified atom stereocenters. The van der Waals surface area contributed by atoms with E-state index < -0.39 is 0 Å². The van der Waals surface area contributed by atoms with Crippen LogP contribution in [0.1, 0.15) is 18.1 Å². The van der Waals surface area contributed by atoms with Crippen molar-refractivity contribution >= 4 is 0 Å². The Bertz CT molecular complexity index is 549. The lowest BCUT2D eigenvalue weighted by molar-refractivity contribution is 0.276. The van der Waals surface area contributed by atoms with Gasteiger partial charge in [-0.1, -0.05) is 23.8 Å². The molecule has 0 aliphatic carbocycles. The van der Waals surface area contributed by atoms with Crippen LogP contribution < -0.4 is 9.47 Å². The Hall–Kier alpha value is -2.00. The average molecular weight is 258 g/mol. The molecular weight excluding hydrogens is 240 g/mol. The molecule has 2 rings (SSSR count). The van der Waals surface area contributed by atoms with Gasteiger partial charge in [0.2, 0.25) is 0 Å². The Morgan fingerprint density at radius 1 is 1.05 bits per heavy atom. The summed E-state index contributed by atoms with van der Waals surface area (Å²) in [6.07, 6.45) is 0. The van der Waals surface area contributed by atoms with Crippen LogP contribution in [0.5, 0.6) is 17.2 Å². The molecule has 0 amide bonds. The summed E-state index contributed by atoms with van der Waals surface area (Å²) in [7, 11) is 0. The molecule has 0 fully saturated rings. The Morgan fingerprint density at radius 2 is 1.84 bits per heavy atom. The SMILES string of the molecule is CCOc1cccc(Oc2ccc(C)cc2CO)c1. The lowest BCUT2D eigenvalue weighted by Crippen LogP contribution is -1.94. The molecule has 0 bridgehead atoms. The van der Waals surface area contributed by atoms with Crippen LogP contribution in [0.15, 0.2) is 42.5 Å². The fourth-order valence-electron chi connectivity index (χ4n) is 1.85. The van der Waals surface area contributed by atoms with Crippen molar-refractivity contribution in [2.45, 2.75) is 20.5 Å². The molecule has 0 aliphatic rings. The van der Waals surface area contributed by atoms with Crippen molar-refractivity contribution in [3.8, 4) is 17.2 Å². The molecule has 0 saturated carbocycles. The third-order valence-electron chi connectivity index (χ3n) is 2.73. The van der Waals surface area contributed by atoms with Gasteiger partial charge in [-0.15, -0.1) is 0 Å². The summed E-state index contributed by atoms with van der Waals surface area (Å²) in [5, 5.41) is 9.36. The topological polar surface area (TPSA) is 38.7 Å². The fraction of sp³-hybridized carbons (Fsp3) is 0.250. The third kappa shape index (κ3) is 3.48. The van der Waals surface area contributed by atoms with Gasteiger partial charge in [-0.25, -0.2) is 0 Å². The molecule has 0 atom stereocenters. The number of benzene rings is 2. The molecule has 3 heteroatoms. The van der Waals surface area contributed by atoms with Crippen molar-refractivity contribution in [1.29, 1.82) is 0 Å². The van der Waals surface area contributed by atoms with Gasteiger partial charge in [0.25, 0.3) is 0 Å². The average Bonchev–Trinajstić information content (AvgIpc) is 2.41. The van der Waals surface area contributed by atoms with E-state index in [-0.39, 0.29) is 6.61 Å². The minimum atomic E-state index is -0.0395. The summed E-state index contributed by atoms with van der Waals surface area (Å²) in [6.45, 7) is 4.51. The molecule has 0 aromatic heterocycles. The van der Waals surface area contributed by atoms with E-state index in [1.54, 1.807) is 0 Å². The second kappa shape index (κ2) is 6.25. The first-order valence-corrected chi connectivity index (χ1v) is 6.34. The van der Waals surface area contributed by atoms with Crippen molar-refractivity contribution in [3.05, 3.63) is 53.6 Å². The van der Waals surface area contributed by atoms with Crippen LogP contribution in [0, 0.1) is 6.92 Å². The quantitative estimate of drug-likeness (QED) is 0.889. The van der Waals surface area contributed by atoms with Gasteiger partial charge in [-0.05, 0) is 32.0 Å². The van der Waals surface area contributed by atoms with Gasteiger partial charge in [0.1, 0.15) is 17.2 Å². The molecule has 1 N–H and O–H groups in total. The zero-order valence-electron chi connectivity index (χ0n) is 11.2. The largest absolute Gasteiger partial charge is 0.494 e. The molecule has 2 aromatic rings. The van der Waals surface area contributed by atoms with Crippen molar-refractivity contribution in [2.24, 2.45) is 0 Å². The molecule has 0 spiro atoms. The molecular formula is C16H18O3. The van der Waals surface area contributed by atoms with Gasteiger partial charge >= 0.3 is 0 Å². The van der Waals surface area contributed by atoms with E-state index in [2.05, 4.69) is 0 Å². The molecule has 0 aliphatic heterocycles. The smallest absolute Gasteiger partial charge is 0.132 e. The highest BCUT2D eigenvalue weighted by Crippen LogP contribution is 2.28. The highest BCUT2D eigenvalue weighted by Gasteiger charge is 2.05. The highest BCUT2D eigenvalue weighted by molar-refractivity contribution is 5.41. The lowest BCUT2D eigenvalue weighted by atomic mass is 10.1. The second-order valence-corrected chi connectivity index (χ2v) is 4.28. The van der Waals surface area contributed by atoms with E-state index in [0.29, 0.717) is 18.1 Å². The van der Waals surface area contributed by atoms with Gasteiger partial charge < -0.3 is 14.6 Å². The number of aliphatic hydroxyl groups is 1. The molecule has 19 heavy (non-hydrogen) atoms. The van der Waals surface area contributed by atoms with Crippen LogP contribution >= 0.6 is 0 Å². The maximum Gasteiger partial charge on any atom is 0.132 e. The maximum absolute atomic E-state index is 9.36. The second-order valence-electron chi connectivity index (χ2n) is 4.28. The molecule has 0 heterocycles. The summed E-state index contributed by atoms with van der Waals surface area (Å²) >= 11 is 0. The molecule has 100 valence electrons. The van der Waals surface area contributed by atoms with Crippen LogP contribution in [-0.2, 0) is 6.61 Å². The fourth-order valence-corrected chi connectivity index (χ4v) is 1.85. The normalized spacial score (nSPS) is 10.3. The van der Waals surface area contributed by atoms with Gasteiger partial charge in [0.15, 0.2) is 0 Å². The Kier molecular flexibility index (Phi) is 4.42. The van der Waals surface area contributed by atoms with Gasteiger partial charge in [-0.2, -0.15) is 0 Å². The summed E-state index contributed by atoms with van der Waals surface area (Å²) in [6, 6.07) is 13.2. The number of rotatable bonds is 5. The maximum atomic E-state index is 9.36. The van der Waals surface area contributed by atoms with E-state index in [4.69, 9.17) is 9.47 Å². The molecule has 3 nitrogen and oxygen atoms in total. The van der Waals surface area contributed by atoms with E-state index in [1.807, 2.05) is 56.3 Å². The van der Waals surface area contributed by atoms with E-state index >= 15 is 0 Å². The van der Waals surface area contributed by atoms with Crippen LogP contribution in [0.25, 0.3) is 0 Å². The number of hydrogen-bond donors (Lipinski definition) is 1. The third-order valence-corrected chi connectivity index (χ3v) is 2.73. The van der Waals surface area contributed by atoms with Gasteiger partial charge in [0, 0.05) is 11.6 Å². The summed E-state index contributed by atoms with van der Waals surface area (Å²) in [5.41, 5.74) is 1.88. The number of hydrogen-bond acceptors (Lipinski definition) is 3. The summed E-state index contributed by atoms with van der Waals surface area (Å²) in [5.74, 6) is 2.14. The monoisotopic (exact) mass is 258 g/mol. The minimum Gasteiger partial charge on any atom is -0.494 e. The summed E-state index contributed by atoms with van der Waals surface area (Å²) in [4.78, 5) is 0. The summed E-state index contributed by atoms with van der Waals surface area (Å²) < 4.78 is 11.2. The Labute approximate surface area is 113 Å². The Morgan fingerprint density at radius 3 is 2.58 bits per heavy atom. The van der Waals surface area contributed by atoms with Crippen molar-refractivity contribution < 1.29 is 14.6 Å². The number of aryl methyl sites for hydroxylation is 1. The zero-order valence-corrected chi connectivity index (χ0v) is 11.2. The first-order valence-electron chi connectivity index (χ1n) is 6.34. The van der Waals surface area contributed by atoms with Crippen molar-refractivity contribution in [3.63, 3.8) is 0 Å². The number of aliphatic hydroxyl groups excluding tert-OH is 1. The van der Waals surface area contributed by atoms with Crippen LogP contribution in [0.4, 0.5) is 0 Å². The standard InChI is InChI=1S/C16H18O3/c1-3-18-14-5-4-6-15(10-14)19-16-8-7-12(2)9-13(16)11-17/h4-10,17H,3,11H2,1-2H3. The van der Waals surface area contributed by atoms with Crippen LogP contribution in [0.2, 0.25) is 0 Å². The predicted octanol–water partition coefficient (Wildman–Crippen LogP) is 3.68. The van der Waals surface area contributed by atoms with Gasteiger partial charge in [-0.3, -0.25) is 0 Å². The van der Waals surface area contributed by atoms with E-state index in [1.165, 1.54) is 0 Å².